The molecule has 1 aromatic rings. The molecule has 0 saturated carbocycles. The molecule has 0 fully saturated rings. The van der Waals surface area contributed by atoms with Gasteiger partial charge in [0.15, 0.2) is 0 Å². The van der Waals surface area contributed by atoms with Crippen LogP contribution in [-0.2, 0) is 9.53 Å². The van der Waals surface area contributed by atoms with Crippen molar-refractivity contribution >= 4 is 17.5 Å². The van der Waals surface area contributed by atoms with Gasteiger partial charge >= 0.3 is 5.97 Å². The van der Waals surface area contributed by atoms with Crippen molar-refractivity contribution in [3.05, 3.63) is 35.9 Å². The lowest BCUT2D eigenvalue weighted by molar-refractivity contribution is -0.134. The van der Waals surface area contributed by atoms with Crippen LogP contribution in [0.4, 0.5) is 5.69 Å². The van der Waals surface area contributed by atoms with Crippen molar-refractivity contribution in [3.63, 3.8) is 0 Å². The van der Waals surface area contributed by atoms with Crippen LogP contribution in [0.15, 0.2) is 35.3 Å². The van der Waals surface area contributed by atoms with Crippen molar-refractivity contribution < 1.29 is 9.53 Å². The summed E-state index contributed by atoms with van der Waals surface area (Å²) in [7, 11) is 1.31. The molecule has 0 spiro atoms. The number of rotatable bonds is 2. The van der Waals surface area contributed by atoms with Crippen molar-refractivity contribution in [2.75, 3.05) is 7.11 Å². The Balaban J connectivity index is 2.73. The van der Waals surface area contributed by atoms with Gasteiger partial charge in [0, 0.05) is 0 Å². The lowest BCUT2D eigenvalue weighted by Gasteiger charge is -1.91. The fraction of sp³-hybridized carbons (Fsp3) is 0.182. The molecule has 0 bridgehead atoms. The molecule has 0 amide bonds. The second-order valence-electron chi connectivity index (χ2n) is 2.74. The number of methoxy groups -OCH3 is 1. The van der Waals surface area contributed by atoms with Crippen LogP contribution in [-0.4, -0.2) is 18.9 Å². The van der Waals surface area contributed by atoms with E-state index in [4.69, 9.17) is 0 Å². The number of nitrogens with zero attached hydrogens (tertiary/aromatic N) is 1. The summed E-state index contributed by atoms with van der Waals surface area (Å²) in [5, 5.41) is 0. The van der Waals surface area contributed by atoms with Crippen LogP contribution >= 0.6 is 0 Å². The van der Waals surface area contributed by atoms with Crippen LogP contribution < -0.4 is 0 Å². The Morgan fingerprint density at radius 3 is 2.64 bits per heavy atom. The Kier molecular flexibility index (Phi) is 3.65. The van der Waals surface area contributed by atoms with Gasteiger partial charge in [-0.1, -0.05) is 17.7 Å². The summed E-state index contributed by atoms with van der Waals surface area (Å²) in [6.45, 7) is 2.00. The molecule has 1 rings (SSSR count). The van der Waals surface area contributed by atoms with Crippen LogP contribution in [0.3, 0.4) is 0 Å². The smallest absolute Gasteiger partial charge is 0.339 e. The van der Waals surface area contributed by atoms with Crippen LogP contribution in [0.1, 0.15) is 5.56 Å². The first kappa shape index (κ1) is 10.2. The minimum Gasteiger partial charge on any atom is -0.465 e. The summed E-state index contributed by atoms with van der Waals surface area (Å²) < 4.78 is 4.39. The molecule has 14 heavy (non-hydrogen) atoms. The molecule has 0 aliphatic carbocycles. The van der Waals surface area contributed by atoms with Gasteiger partial charge in [0.05, 0.1) is 18.9 Å². The Bertz CT molecular complexity index is 373. The zero-order valence-electron chi connectivity index (χ0n) is 8.15. The van der Waals surface area contributed by atoms with E-state index in [0.29, 0.717) is 0 Å². The Morgan fingerprint density at radius 2 is 2.07 bits per heavy atom. The van der Waals surface area contributed by atoms with Gasteiger partial charge in [-0.05, 0) is 24.9 Å². The van der Waals surface area contributed by atoms with E-state index in [1.165, 1.54) is 12.7 Å². The molecule has 0 heterocycles. The molecule has 0 unspecified atom stereocenters. The van der Waals surface area contributed by atoms with Gasteiger partial charge in [-0.15, -0.1) is 0 Å². The van der Waals surface area contributed by atoms with Crippen molar-refractivity contribution in [3.8, 4) is 0 Å². The first-order valence-corrected chi connectivity index (χ1v) is 4.16. The SMILES string of the molecule is COC(=O)C=C=Nc1ccc(C)cc1. The number of benzene rings is 1. The van der Waals surface area contributed by atoms with Gasteiger partial charge in [0.25, 0.3) is 0 Å². The highest BCUT2D eigenvalue weighted by molar-refractivity contribution is 5.91. The maximum Gasteiger partial charge on any atom is 0.339 e. The molecule has 0 aliphatic rings. The van der Waals surface area contributed by atoms with Crippen molar-refractivity contribution in [2.24, 2.45) is 4.99 Å². The summed E-state index contributed by atoms with van der Waals surface area (Å²) in [6, 6.07) is 7.60. The van der Waals surface area contributed by atoms with Gasteiger partial charge in [-0.3, -0.25) is 0 Å². The van der Waals surface area contributed by atoms with E-state index in [-0.39, 0.29) is 0 Å². The lowest BCUT2D eigenvalue weighted by atomic mass is 10.2. The second-order valence-corrected chi connectivity index (χ2v) is 2.74. The zero-order chi connectivity index (χ0) is 10.4. The first-order chi connectivity index (χ1) is 6.72. The summed E-state index contributed by atoms with van der Waals surface area (Å²) in [5.41, 5.74) is 1.93. The normalized spacial score (nSPS) is 8.71. The molecule has 0 atom stereocenters. The Morgan fingerprint density at radius 1 is 1.43 bits per heavy atom. The third-order valence-electron chi connectivity index (χ3n) is 1.61. The fourth-order valence-electron chi connectivity index (χ4n) is 0.838. The number of aliphatic imine (C=N–C) groups is 1. The first-order valence-electron chi connectivity index (χ1n) is 4.16. The van der Waals surface area contributed by atoms with E-state index < -0.39 is 5.97 Å². The number of carbonyl (C=O) groups is 1. The van der Waals surface area contributed by atoms with Crippen LogP contribution in [0.5, 0.6) is 0 Å². The zero-order valence-corrected chi connectivity index (χ0v) is 8.15. The minimum atomic E-state index is -0.458. The van der Waals surface area contributed by atoms with Crippen molar-refractivity contribution in [1.82, 2.24) is 0 Å². The monoisotopic (exact) mass is 189 g/mol. The van der Waals surface area contributed by atoms with Gasteiger partial charge in [0.2, 0.25) is 0 Å². The van der Waals surface area contributed by atoms with Crippen LogP contribution in [0.2, 0.25) is 0 Å². The van der Waals surface area contributed by atoms with Crippen LogP contribution in [0.25, 0.3) is 0 Å². The minimum absolute atomic E-state index is 0.458. The predicted octanol–water partition coefficient (Wildman–Crippen LogP) is 2.03. The molecule has 0 saturated heterocycles. The molecule has 0 N–H and O–H groups in total. The largest absolute Gasteiger partial charge is 0.465 e. The highest BCUT2D eigenvalue weighted by Crippen LogP contribution is 2.10. The van der Waals surface area contributed by atoms with Crippen molar-refractivity contribution in [1.29, 1.82) is 0 Å². The number of esters is 1. The molecule has 1 aromatic carbocycles. The van der Waals surface area contributed by atoms with E-state index in [0.717, 1.165) is 11.8 Å². The van der Waals surface area contributed by atoms with Crippen molar-refractivity contribution in [2.45, 2.75) is 6.92 Å². The molecule has 3 nitrogen and oxygen atoms in total. The molecular weight excluding hydrogens is 178 g/mol. The fourth-order valence-corrected chi connectivity index (χ4v) is 0.838. The molecule has 3 heteroatoms. The predicted molar refractivity (Wildman–Crippen MR) is 54.9 cm³/mol. The molecule has 0 radical (unpaired) electrons. The summed E-state index contributed by atoms with van der Waals surface area (Å²) in [5.74, 6) is 2.04. The molecule has 0 aliphatic heterocycles. The summed E-state index contributed by atoms with van der Waals surface area (Å²) in [6.07, 6.45) is 1.15. The highest BCUT2D eigenvalue weighted by Gasteiger charge is 1.88. The Hall–Kier alpha value is -1.86. The number of ether oxygens (including phenoxy) is 1. The molecular formula is C11H11NO2. The second kappa shape index (κ2) is 5.00. The van der Waals surface area contributed by atoms with Crippen LogP contribution in [0, 0.1) is 6.92 Å². The standard InChI is InChI=1S/C11H11NO2/c1-9-3-5-10(6-4-9)12-8-7-11(13)14-2/h3-7H,1-2H3. The number of carbonyl (C=O) groups excluding carboxylic acids is 1. The van der Waals surface area contributed by atoms with E-state index in [9.17, 15) is 4.79 Å². The quantitative estimate of drug-likeness (QED) is 0.405. The number of hydrogen-bond acceptors (Lipinski definition) is 3. The third-order valence-corrected chi connectivity index (χ3v) is 1.61. The van der Waals surface area contributed by atoms with Gasteiger partial charge in [-0.2, -0.15) is 0 Å². The summed E-state index contributed by atoms with van der Waals surface area (Å²) >= 11 is 0. The Labute approximate surface area is 82.7 Å². The third kappa shape index (κ3) is 3.25. The molecule has 72 valence electrons. The summed E-state index contributed by atoms with van der Waals surface area (Å²) in [4.78, 5) is 14.6. The maximum atomic E-state index is 10.7. The van der Waals surface area contributed by atoms with E-state index in [1.807, 2.05) is 31.2 Å². The van der Waals surface area contributed by atoms with E-state index >= 15 is 0 Å². The van der Waals surface area contributed by atoms with Gasteiger partial charge in [-0.25, -0.2) is 9.79 Å². The number of hydrogen-bond donors (Lipinski definition) is 0. The average Bonchev–Trinajstić information content (AvgIpc) is 2.21. The van der Waals surface area contributed by atoms with E-state index in [2.05, 4.69) is 15.6 Å². The lowest BCUT2D eigenvalue weighted by Crippen LogP contribution is -1.93. The van der Waals surface area contributed by atoms with Gasteiger partial charge < -0.3 is 4.74 Å². The highest BCUT2D eigenvalue weighted by atomic mass is 16.5. The molecule has 0 aromatic heterocycles. The average molecular weight is 189 g/mol. The maximum absolute atomic E-state index is 10.7. The van der Waals surface area contributed by atoms with Gasteiger partial charge in [0.1, 0.15) is 0 Å². The van der Waals surface area contributed by atoms with E-state index in [1.54, 1.807) is 0 Å². The number of aryl methyl sites for hydroxylation is 1. The topological polar surface area (TPSA) is 38.7 Å².